The zero-order valence-electron chi connectivity index (χ0n) is 25.6. The van der Waals surface area contributed by atoms with E-state index in [0.29, 0.717) is 66.4 Å². The van der Waals surface area contributed by atoms with Gasteiger partial charge in [0.1, 0.15) is 17.5 Å². The molecule has 1 aromatic heterocycles. The molecule has 2 aromatic carbocycles. The number of alkyl halides is 2. The highest BCUT2D eigenvalue weighted by molar-refractivity contribution is 6.05. The van der Waals surface area contributed by atoms with Gasteiger partial charge in [-0.2, -0.15) is 0 Å². The number of hydrogen-bond donors (Lipinski definition) is 1. The van der Waals surface area contributed by atoms with Gasteiger partial charge in [0.15, 0.2) is 0 Å². The number of likely N-dealkylation sites (tertiary alicyclic amines) is 1. The molecule has 10 nitrogen and oxygen atoms in total. The largest absolute Gasteiger partial charge is 0.496 e. The van der Waals surface area contributed by atoms with Crippen LogP contribution in [0.25, 0.3) is 11.1 Å². The quantitative estimate of drug-likeness (QED) is 0.315. The van der Waals surface area contributed by atoms with Crippen LogP contribution in [-0.4, -0.2) is 65.4 Å². The molecule has 3 aliphatic heterocycles. The number of piperidine rings is 1. The van der Waals surface area contributed by atoms with Gasteiger partial charge in [-0.05, 0) is 53.4 Å². The molecular weight excluding hydrogens is 598 g/mol. The number of pyridine rings is 1. The summed E-state index contributed by atoms with van der Waals surface area (Å²) in [4.78, 5) is 52.8. The van der Waals surface area contributed by atoms with Crippen molar-refractivity contribution in [3.63, 3.8) is 0 Å². The van der Waals surface area contributed by atoms with Crippen LogP contribution in [0.3, 0.4) is 0 Å². The number of hydrogen-bond acceptors (Lipinski definition) is 7. The Morgan fingerprint density at radius 1 is 1.00 bits per heavy atom. The zero-order chi connectivity index (χ0) is 32.7. The van der Waals surface area contributed by atoms with Crippen LogP contribution in [0, 0.1) is 17.8 Å². The molecule has 1 atom stereocenters. The van der Waals surface area contributed by atoms with Gasteiger partial charge in [0.25, 0.3) is 17.9 Å². The van der Waals surface area contributed by atoms with Crippen molar-refractivity contribution in [3.05, 3.63) is 80.8 Å². The van der Waals surface area contributed by atoms with E-state index in [2.05, 4.69) is 22.1 Å². The van der Waals surface area contributed by atoms with Crippen LogP contribution in [0.1, 0.15) is 51.9 Å². The molecule has 2 saturated heterocycles. The highest BCUT2D eigenvalue weighted by Crippen LogP contribution is 2.37. The Morgan fingerprint density at radius 3 is 2.37 bits per heavy atom. The number of rotatable bonds is 7. The number of nitrogens with zero attached hydrogens (tertiary/aromatic N) is 3. The van der Waals surface area contributed by atoms with Crippen LogP contribution < -0.4 is 20.3 Å². The molecule has 4 heterocycles. The van der Waals surface area contributed by atoms with Gasteiger partial charge < -0.3 is 18.9 Å². The minimum atomic E-state index is -2.90. The van der Waals surface area contributed by atoms with Crippen molar-refractivity contribution in [1.29, 1.82) is 0 Å². The van der Waals surface area contributed by atoms with Gasteiger partial charge in [-0.1, -0.05) is 17.9 Å². The molecule has 0 radical (unpaired) electrons. The lowest BCUT2D eigenvalue weighted by molar-refractivity contribution is -0.136. The fraction of sp³-hybridized carbons (Fsp3) is 0.353. The SMILES string of the molecule is COc1cc(-c2cc(C(F)F)c(=O)n(C)c2)cc(OC)c1CN1CC(C#Cc2ccc3c(c2)C(=O)N(C2CCC(=O)NC2=O)C3)C1. The third-order valence-electron chi connectivity index (χ3n) is 8.68. The minimum absolute atomic E-state index is 0.110. The number of aromatic nitrogens is 1. The van der Waals surface area contributed by atoms with Gasteiger partial charge in [-0.25, -0.2) is 8.78 Å². The zero-order valence-corrected chi connectivity index (χ0v) is 25.6. The number of nitrogens with one attached hydrogen (secondary N) is 1. The number of carbonyl (C=O) groups excluding carboxylic acids is 3. The maximum absolute atomic E-state index is 13.5. The molecule has 1 unspecified atom stereocenters. The number of amides is 3. The lowest BCUT2D eigenvalue weighted by Gasteiger charge is -2.37. The van der Waals surface area contributed by atoms with Crippen LogP contribution in [0.2, 0.25) is 0 Å². The van der Waals surface area contributed by atoms with Crippen molar-refractivity contribution in [2.24, 2.45) is 13.0 Å². The second-order valence-electron chi connectivity index (χ2n) is 11.7. The topological polar surface area (TPSA) is 110 Å². The fourth-order valence-electron chi connectivity index (χ4n) is 6.19. The van der Waals surface area contributed by atoms with Gasteiger partial charge in [-0.15, -0.1) is 0 Å². The minimum Gasteiger partial charge on any atom is -0.496 e. The Labute approximate surface area is 263 Å². The number of ether oxygens (including phenoxy) is 2. The van der Waals surface area contributed by atoms with E-state index in [1.807, 2.05) is 12.1 Å². The summed E-state index contributed by atoms with van der Waals surface area (Å²) in [6.07, 6.45) is -0.872. The fourth-order valence-corrected chi connectivity index (χ4v) is 6.19. The van der Waals surface area contributed by atoms with E-state index in [9.17, 15) is 28.0 Å². The van der Waals surface area contributed by atoms with E-state index in [-0.39, 0.29) is 24.2 Å². The third kappa shape index (κ3) is 5.86. The number of fused-ring (bicyclic) bond motifs is 1. The van der Waals surface area contributed by atoms with Crippen LogP contribution >= 0.6 is 0 Å². The average molecular weight is 631 g/mol. The standard InChI is InChI=1S/C34H32F2N4O6/c1-38-16-23(11-25(31(35)36)33(38)43)22-12-28(45-2)26(29(13-22)46-3)18-39-14-20(15-39)5-4-19-6-7-21-17-40(34(44)24(21)10-19)27-8-9-30(41)37-32(27)42/h6-7,10-13,16,20,27,31H,8-9,14-15,17-18H2,1-3H3,(H,37,41,42). The van der Waals surface area contributed by atoms with Crippen molar-refractivity contribution < 1.29 is 32.6 Å². The Morgan fingerprint density at radius 2 is 1.72 bits per heavy atom. The van der Waals surface area contributed by atoms with Crippen LogP contribution in [0.4, 0.5) is 8.78 Å². The Bertz CT molecular complexity index is 1850. The van der Waals surface area contributed by atoms with E-state index < -0.39 is 29.5 Å². The van der Waals surface area contributed by atoms with Gasteiger partial charge >= 0.3 is 0 Å². The van der Waals surface area contributed by atoms with E-state index in [1.165, 1.54) is 38.4 Å². The molecule has 0 saturated carbocycles. The molecule has 2 fully saturated rings. The van der Waals surface area contributed by atoms with Crippen molar-refractivity contribution in [2.45, 2.75) is 38.4 Å². The normalized spacial score (nSPS) is 18.2. The van der Waals surface area contributed by atoms with Gasteiger partial charge in [-0.3, -0.25) is 29.4 Å². The first kappa shape index (κ1) is 31.0. The number of carbonyl (C=O) groups is 3. The molecular formula is C34H32F2N4O6. The molecule has 3 aliphatic rings. The summed E-state index contributed by atoms with van der Waals surface area (Å²) in [5.41, 5.74) is 2.57. The average Bonchev–Trinajstić information content (AvgIpc) is 3.34. The van der Waals surface area contributed by atoms with Crippen LogP contribution in [0.15, 0.2) is 47.4 Å². The molecule has 0 aliphatic carbocycles. The highest BCUT2D eigenvalue weighted by atomic mass is 19.3. The summed E-state index contributed by atoms with van der Waals surface area (Å²) >= 11 is 0. The molecule has 3 amide bonds. The first-order chi connectivity index (χ1) is 22.1. The van der Waals surface area contributed by atoms with E-state index in [1.54, 1.807) is 18.2 Å². The molecule has 238 valence electrons. The summed E-state index contributed by atoms with van der Waals surface area (Å²) in [5, 5.41) is 2.31. The second kappa shape index (κ2) is 12.4. The molecule has 0 bridgehead atoms. The number of benzene rings is 2. The summed E-state index contributed by atoms with van der Waals surface area (Å²) in [5.74, 6) is 6.65. The lowest BCUT2D eigenvalue weighted by atomic mass is 9.97. The second-order valence-corrected chi connectivity index (χ2v) is 11.7. The van der Waals surface area contributed by atoms with E-state index in [4.69, 9.17) is 9.47 Å². The molecule has 6 rings (SSSR count). The summed E-state index contributed by atoms with van der Waals surface area (Å²) in [7, 11) is 4.50. The number of imide groups is 1. The predicted octanol–water partition coefficient (Wildman–Crippen LogP) is 3.25. The predicted molar refractivity (Wildman–Crippen MR) is 163 cm³/mol. The van der Waals surface area contributed by atoms with Gasteiger partial charge in [0, 0.05) is 62.9 Å². The van der Waals surface area contributed by atoms with E-state index in [0.717, 1.165) is 15.7 Å². The molecule has 1 N–H and O–H groups in total. The molecule has 12 heteroatoms. The van der Waals surface area contributed by atoms with Gasteiger partial charge in [0.05, 0.1) is 25.3 Å². The van der Waals surface area contributed by atoms with E-state index >= 15 is 0 Å². The molecule has 0 spiro atoms. The third-order valence-corrected chi connectivity index (χ3v) is 8.68. The lowest BCUT2D eigenvalue weighted by Crippen LogP contribution is -2.52. The van der Waals surface area contributed by atoms with Crippen LogP contribution in [0.5, 0.6) is 11.5 Å². The maximum atomic E-state index is 13.5. The first-order valence-corrected chi connectivity index (χ1v) is 14.8. The number of aryl methyl sites for hydroxylation is 1. The molecule has 3 aromatic rings. The van der Waals surface area contributed by atoms with Crippen molar-refractivity contribution in [3.8, 4) is 34.5 Å². The van der Waals surface area contributed by atoms with Crippen LogP contribution in [-0.2, 0) is 29.7 Å². The van der Waals surface area contributed by atoms with Crippen molar-refractivity contribution >= 4 is 17.7 Å². The number of methoxy groups -OCH3 is 2. The molecule has 46 heavy (non-hydrogen) atoms. The monoisotopic (exact) mass is 630 g/mol. The maximum Gasteiger partial charge on any atom is 0.269 e. The summed E-state index contributed by atoms with van der Waals surface area (Å²) in [6.45, 7) is 2.24. The van der Waals surface area contributed by atoms with Crippen molar-refractivity contribution in [1.82, 2.24) is 19.7 Å². The Balaban J connectivity index is 1.12. The Kier molecular flexibility index (Phi) is 8.35. The van der Waals surface area contributed by atoms with Gasteiger partial charge in [0.2, 0.25) is 11.8 Å². The number of halogens is 2. The first-order valence-electron chi connectivity index (χ1n) is 14.8. The summed E-state index contributed by atoms with van der Waals surface area (Å²) in [6, 6.07) is 9.54. The highest BCUT2D eigenvalue weighted by Gasteiger charge is 2.39. The smallest absolute Gasteiger partial charge is 0.269 e. The summed E-state index contributed by atoms with van der Waals surface area (Å²) < 4.78 is 39.4. The Hall–Kier alpha value is -5.02. The van der Waals surface area contributed by atoms with Crippen molar-refractivity contribution in [2.75, 3.05) is 27.3 Å².